The first kappa shape index (κ1) is 20.3. The van der Waals surface area contributed by atoms with E-state index in [4.69, 9.17) is 16.0 Å². The maximum absolute atomic E-state index is 9.42. The lowest BCUT2D eigenvalue weighted by atomic mass is 10.2. The zero-order valence-corrected chi connectivity index (χ0v) is 17.6. The number of rotatable bonds is 6. The lowest BCUT2D eigenvalue weighted by Crippen LogP contribution is -2.51. The van der Waals surface area contributed by atoms with Crippen LogP contribution in [0.5, 0.6) is 0 Å². The number of nitrogens with zero attached hydrogens (tertiary/aromatic N) is 4. The van der Waals surface area contributed by atoms with Gasteiger partial charge in [-0.05, 0) is 43.3 Å². The first-order valence-electron chi connectivity index (χ1n) is 10.1. The van der Waals surface area contributed by atoms with Gasteiger partial charge >= 0.3 is 0 Å². The number of hydrogen-bond acceptors (Lipinski definition) is 6. The van der Waals surface area contributed by atoms with Crippen LogP contribution in [0, 0.1) is 11.3 Å². The van der Waals surface area contributed by atoms with Crippen molar-refractivity contribution >= 4 is 23.2 Å². The van der Waals surface area contributed by atoms with Crippen LogP contribution in [0.2, 0.25) is 5.02 Å². The van der Waals surface area contributed by atoms with Crippen molar-refractivity contribution in [1.82, 2.24) is 9.88 Å². The Morgan fingerprint density at radius 1 is 1.10 bits per heavy atom. The second kappa shape index (κ2) is 9.21. The number of para-hydroxylation sites is 1. The molecule has 0 saturated carbocycles. The van der Waals surface area contributed by atoms with Crippen molar-refractivity contribution in [2.24, 2.45) is 0 Å². The molecule has 30 heavy (non-hydrogen) atoms. The van der Waals surface area contributed by atoms with Crippen molar-refractivity contribution in [1.29, 1.82) is 5.26 Å². The van der Waals surface area contributed by atoms with Gasteiger partial charge in [0.1, 0.15) is 6.07 Å². The third-order valence-corrected chi connectivity index (χ3v) is 5.69. The van der Waals surface area contributed by atoms with Gasteiger partial charge in [0.2, 0.25) is 17.5 Å². The Bertz CT molecular complexity index is 1000. The minimum absolute atomic E-state index is 0.265. The summed E-state index contributed by atoms with van der Waals surface area (Å²) in [6, 6.07) is 20.1. The van der Waals surface area contributed by atoms with E-state index in [-0.39, 0.29) is 5.69 Å². The average molecular weight is 422 g/mol. The number of aromatic nitrogens is 1. The quantitative estimate of drug-likeness (QED) is 0.632. The molecule has 1 aromatic heterocycles. The Morgan fingerprint density at radius 2 is 1.80 bits per heavy atom. The van der Waals surface area contributed by atoms with E-state index in [0.717, 1.165) is 31.7 Å². The fourth-order valence-corrected chi connectivity index (χ4v) is 3.79. The molecule has 1 saturated heterocycles. The summed E-state index contributed by atoms with van der Waals surface area (Å²) in [6.07, 6.45) is 0. The monoisotopic (exact) mass is 421 g/mol. The summed E-state index contributed by atoms with van der Waals surface area (Å²) in [5, 5.41) is 13.3. The molecule has 3 aromatic rings. The van der Waals surface area contributed by atoms with E-state index in [0.29, 0.717) is 29.4 Å². The molecule has 1 unspecified atom stereocenters. The van der Waals surface area contributed by atoms with Gasteiger partial charge in [0.15, 0.2) is 0 Å². The van der Waals surface area contributed by atoms with Gasteiger partial charge in [0, 0.05) is 55.0 Å². The summed E-state index contributed by atoms with van der Waals surface area (Å²) in [5.41, 5.74) is 2.33. The predicted molar refractivity (Wildman–Crippen MR) is 120 cm³/mol. The van der Waals surface area contributed by atoms with Crippen molar-refractivity contribution in [2.45, 2.75) is 13.0 Å². The lowest BCUT2D eigenvalue weighted by Gasteiger charge is -2.39. The molecule has 0 bridgehead atoms. The number of nitrogens with one attached hydrogen (secondary N) is 1. The van der Waals surface area contributed by atoms with Crippen LogP contribution >= 0.6 is 11.6 Å². The number of piperazine rings is 1. The number of halogens is 1. The first-order valence-corrected chi connectivity index (χ1v) is 10.5. The Hall–Kier alpha value is -3.01. The van der Waals surface area contributed by atoms with E-state index < -0.39 is 0 Å². The fraction of sp³-hybridized carbons (Fsp3) is 0.304. The molecule has 0 amide bonds. The highest BCUT2D eigenvalue weighted by molar-refractivity contribution is 6.30. The second-order valence-electron chi connectivity index (χ2n) is 7.40. The van der Waals surface area contributed by atoms with Crippen LogP contribution in [-0.2, 0) is 0 Å². The molecule has 1 N–H and O–H groups in total. The van der Waals surface area contributed by atoms with Crippen molar-refractivity contribution in [3.05, 3.63) is 65.3 Å². The van der Waals surface area contributed by atoms with Gasteiger partial charge in [-0.15, -0.1) is 0 Å². The van der Waals surface area contributed by atoms with Crippen LogP contribution in [0.25, 0.3) is 11.5 Å². The highest BCUT2D eigenvalue weighted by Crippen LogP contribution is 2.26. The molecule has 7 heteroatoms. The Kier molecular flexibility index (Phi) is 6.22. The summed E-state index contributed by atoms with van der Waals surface area (Å²) in [7, 11) is 0. The number of nitriles is 1. The maximum atomic E-state index is 9.42. The maximum Gasteiger partial charge on any atom is 0.232 e. The SMILES string of the molecule is CC(CNc1oc(-c2ccc(Cl)cc2)nc1C#N)N1CCN(c2ccccc2)CC1. The van der Waals surface area contributed by atoms with Crippen LogP contribution in [0.1, 0.15) is 12.6 Å². The van der Waals surface area contributed by atoms with Crippen LogP contribution in [-0.4, -0.2) is 48.6 Å². The molecule has 1 aliphatic heterocycles. The molecule has 154 valence electrons. The van der Waals surface area contributed by atoms with Gasteiger partial charge in [0.05, 0.1) is 0 Å². The summed E-state index contributed by atoms with van der Waals surface area (Å²) in [6.45, 7) is 6.86. The van der Waals surface area contributed by atoms with Crippen LogP contribution in [0.3, 0.4) is 0 Å². The van der Waals surface area contributed by atoms with Crippen molar-refractivity contribution in [3.63, 3.8) is 0 Å². The normalized spacial score (nSPS) is 15.6. The molecular formula is C23H24ClN5O. The van der Waals surface area contributed by atoms with E-state index >= 15 is 0 Å². The Labute approximate surface area is 181 Å². The molecular weight excluding hydrogens is 398 g/mol. The largest absolute Gasteiger partial charge is 0.419 e. The van der Waals surface area contributed by atoms with E-state index in [9.17, 15) is 5.26 Å². The fourth-order valence-electron chi connectivity index (χ4n) is 3.66. The average Bonchev–Trinajstić information content (AvgIpc) is 3.22. The summed E-state index contributed by atoms with van der Waals surface area (Å²) < 4.78 is 5.83. The van der Waals surface area contributed by atoms with E-state index in [1.54, 1.807) is 12.1 Å². The van der Waals surface area contributed by atoms with Gasteiger partial charge in [-0.3, -0.25) is 4.90 Å². The molecule has 4 rings (SSSR count). The first-order chi connectivity index (χ1) is 14.6. The molecule has 2 aromatic carbocycles. The minimum atomic E-state index is 0.265. The second-order valence-corrected chi connectivity index (χ2v) is 7.84. The summed E-state index contributed by atoms with van der Waals surface area (Å²) in [4.78, 5) is 9.18. The molecule has 0 radical (unpaired) electrons. The molecule has 6 nitrogen and oxygen atoms in total. The molecule has 0 spiro atoms. The molecule has 1 fully saturated rings. The zero-order valence-electron chi connectivity index (χ0n) is 16.9. The van der Waals surface area contributed by atoms with Crippen LogP contribution < -0.4 is 10.2 Å². The Morgan fingerprint density at radius 3 is 2.47 bits per heavy atom. The van der Waals surface area contributed by atoms with Gasteiger partial charge in [-0.25, -0.2) is 0 Å². The highest BCUT2D eigenvalue weighted by atomic mass is 35.5. The van der Waals surface area contributed by atoms with Gasteiger partial charge in [-0.2, -0.15) is 10.2 Å². The van der Waals surface area contributed by atoms with Crippen LogP contribution in [0.4, 0.5) is 11.6 Å². The summed E-state index contributed by atoms with van der Waals surface area (Å²) >= 11 is 5.94. The van der Waals surface area contributed by atoms with Crippen molar-refractivity contribution in [3.8, 4) is 17.5 Å². The van der Waals surface area contributed by atoms with Crippen molar-refractivity contribution < 1.29 is 4.42 Å². The molecule has 1 aliphatic rings. The highest BCUT2D eigenvalue weighted by Gasteiger charge is 2.22. The van der Waals surface area contributed by atoms with E-state index in [1.807, 2.05) is 18.2 Å². The van der Waals surface area contributed by atoms with Crippen LogP contribution in [0.15, 0.2) is 59.0 Å². The predicted octanol–water partition coefficient (Wildman–Crippen LogP) is 4.49. The third-order valence-electron chi connectivity index (χ3n) is 5.44. The lowest BCUT2D eigenvalue weighted by molar-refractivity contribution is 0.204. The van der Waals surface area contributed by atoms with E-state index in [1.165, 1.54) is 5.69 Å². The van der Waals surface area contributed by atoms with Gasteiger partial charge in [-0.1, -0.05) is 29.8 Å². The summed E-state index contributed by atoms with van der Waals surface area (Å²) in [5.74, 6) is 0.826. The minimum Gasteiger partial charge on any atom is -0.419 e. The Balaban J connectivity index is 1.34. The third kappa shape index (κ3) is 4.59. The standard InChI is InChI=1S/C23H24ClN5O/c1-17(28-11-13-29(14-12-28)20-5-3-2-4-6-20)16-26-23-21(15-25)27-22(30-23)18-7-9-19(24)10-8-18/h2-10,17,26H,11-14,16H2,1H3. The number of hydrogen-bond donors (Lipinski definition) is 1. The smallest absolute Gasteiger partial charge is 0.232 e. The van der Waals surface area contributed by atoms with Gasteiger partial charge < -0.3 is 14.6 Å². The van der Waals surface area contributed by atoms with Crippen molar-refractivity contribution in [2.75, 3.05) is 42.9 Å². The molecule has 1 atom stereocenters. The topological polar surface area (TPSA) is 68.3 Å². The van der Waals surface area contributed by atoms with Gasteiger partial charge in [0.25, 0.3) is 0 Å². The molecule has 0 aliphatic carbocycles. The molecule has 2 heterocycles. The zero-order chi connectivity index (χ0) is 20.9. The number of benzene rings is 2. The number of oxazole rings is 1. The number of anilines is 2. The van der Waals surface area contributed by atoms with E-state index in [2.05, 4.69) is 57.4 Å².